The summed E-state index contributed by atoms with van der Waals surface area (Å²) in [7, 11) is 0. The van der Waals surface area contributed by atoms with Crippen molar-refractivity contribution >= 4 is 17.4 Å². The Labute approximate surface area is 108 Å². The van der Waals surface area contributed by atoms with Gasteiger partial charge < -0.3 is 20.9 Å². The van der Waals surface area contributed by atoms with Crippen LogP contribution in [0.2, 0.25) is 0 Å². The average Bonchev–Trinajstić information content (AvgIpc) is 2.78. The third-order valence-electron chi connectivity index (χ3n) is 3.24. The van der Waals surface area contributed by atoms with Crippen molar-refractivity contribution in [1.29, 1.82) is 0 Å². The predicted octanol–water partition coefficient (Wildman–Crippen LogP) is 1.12. The fourth-order valence-electron chi connectivity index (χ4n) is 2.19. The molecule has 0 atom stereocenters. The van der Waals surface area contributed by atoms with Crippen molar-refractivity contribution in [1.82, 2.24) is 10.2 Å². The van der Waals surface area contributed by atoms with Gasteiger partial charge in [-0.3, -0.25) is 0 Å². The molecule has 1 saturated heterocycles. The molecule has 0 aromatic heterocycles. The number of carbonyl (C=O) groups is 1. The predicted molar refractivity (Wildman–Crippen MR) is 73.7 cm³/mol. The average molecular weight is 248 g/mol. The van der Waals surface area contributed by atoms with Crippen LogP contribution in [0.1, 0.15) is 6.92 Å². The van der Waals surface area contributed by atoms with E-state index in [1.807, 2.05) is 29.2 Å². The zero-order chi connectivity index (χ0) is 13.0. The second kappa shape index (κ2) is 5.62. The molecule has 2 amide bonds. The molecule has 1 heterocycles. The van der Waals surface area contributed by atoms with Crippen molar-refractivity contribution in [3.05, 3.63) is 24.3 Å². The highest BCUT2D eigenvalue weighted by molar-refractivity contribution is 5.76. The minimum atomic E-state index is 0.0343. The van der Waals surface area contributed by atoms with Crippen LogP contribution < -0.4 is 16.0 Å². The van der Waals surface area contributed by atoms with Gasteiger partial charge in [0, 0.05) is 32.7 Å². The van der Waals surface area contributed by atoms with Crippen LogP contribution in [0.25, 0.3) is 0 Å². The Hall–Kier alpha value is -1.91. The quantitative estimate of drug-likeness (QED) is 0.768. The van der Waals surface area contributed by atoms with Crippen LogP contribution in [0.15, 0.2) is 24.3 Å². The van der Waals surface area contributed by atoms with Crippen molar-refractivity contribution in [3.8, 4) is 0 Å². The molecule has 0 radical (unpaired) electrons. The standard InChI is InChI=1S/C13H20N4O/c1-2-16(12-6-4-3-5-11(12)14)9-10-17-8-7-15-13(17)18/h3-6H,2,7-10,14H2,1H3,(H,15,18). The van der Waals surface area contributed by atoms with Gasteiger partial charge in [-0.25, -0.2) is 4.79 Å². The lowest BCUT2D eigenvalue weighted by molar-refractivity contribution is 0.218. The highest BCUT2D eigenvalue weighted by Gasteiger charge is 2.19. The summed E-state index contributed by atoms with van der Waals surface area (Å²) in [6.45, 7) is 6.05. The minimum Gasteiger partial charge on any atom is -0.397 e. The number of nitrogens with two attached hydrogens (primary N) is 1. The van der Waals surface area contributed by atoms with Crippen molar-refractivity contribution in [2.45, 2.75) is 6.92 Å². The SMILES string of the molecule is CCN(CCN1CCNC1=O)c1ccccc1N. The van der Waals surface area contributed by atoms with Gasteiger partial charge in [-0.15, -0.1) is 0 Å². The van der Waals surface area contributed by atoms with Gasteiger partial charge in [0.05, 0.1) is 11.4 Å². The number of anilines is 2. The van der Waals surface area contributed by atoms with Gasteiger partial charge >= 0.3 is 6.03 Å². The number of likely N-dealkylation sites (N-methyl/N-ethyl adjacent to an activating group) is 1. The molecule has 0 spiro atoms. The maximum atomic E-state index is 11.5. The van der Waals surface area contributed by atoms with E-state index < -0.39 is 0 Å². The van der Waals surface area contributed by atoms with E-state index >= 15 is 0 Å². The van der Waals surface area contributed by atoms with Gasteiger partial charge in [-0.1, -0.05) is 12.1 Å². The van der Waals surface area contributed by atoms with Crippen molar-refractivity contribution in [2.75, 3.05) is 43.4 Å². The molecule has 1 aromatic rings. The number of benzene rings is 1. The summed E-state index contributed by atoms with van der Waals surface area (Å²) in [6, 6.07) is 7.87. The van der Waals surface area contributed by atoms with Crippen molar-refractivity contribution < 1.29 is 4.79 Å². The van der Waals surface area contributed by atoms with Crippen molar-refractivity contribution in [3.63, 3.8) is 0 Å². The first-order chi connectivity index (χ1) is 8.72. The smallest absolute Gasteiger partial charge is 0.317 e. The number of nitrogens with one attached hydrogen (secondary N) is 1. The molecule has 1 fully saturated rings. The van der Waals surface area contributed by atoms with E-state index in [0.29, 0.717) is 0 Å². The van der Waals surface area contributed by atoms with Crippen LogP contribution in [0.3, 0.4) is 0 Å². The minimum absolute atomic E-state index is 0.0343. The van der Waals surface area contributed by atoms with Crippen LogP contribution in [0.5, 0.6) is 0 Å². The van der Waals surface area contributed by atoms with E-state index in [0.717, 1.165) is 44.1 Å². The molecule has 1 aromatic carbocycles. The molecule has 18 heavy (non-hydrogen) atoms. The van der Waals surface area contributed by atoms with Gasteiger partial charge in [-0.2, -0.15) is 0 Å². The fraction of sp³-hybridized carbons (Fsp3) is 0.462. The molecule has 0 bridgehead atoms. The first-order valence-electron chi connectivity index (χ1n) is 6.34. The largest absolute Gasteiger partial charge is 0.397 e. The summed E-state index contributed by atoms with van der Waals surface area (Å²) in [4.78, 5) is 15.5. The maximum absolute atomic E-state index is 11.5. The van der Waals surface area contributed by atoms with Gasteiger partial charge in [-0.05, 0) is 19.1 Å². The highest BCUT2D eigenvalue weighted by atomic mass is 16.2. The van der Waals surface area contributed by atoms with Crippen molar-refractivity contribution in [2.24, 2.45) is 0 Å². The molecule has 0 unspecified atom stereocenters. The molecule has 0 aliphatic carbocycles. The zero-order valence-electron chi connectivity index (χ0n) is 10.7. The summed E-state index contributed by atoms with van der Waals surface area (Å²) >= 11 is 0. The third kappa shape index (κ3) is 2.67. The zero-order valence-corrected chi connectivity index (χ0v) is 10.7. The number of nitrogen functional groups attached to an aromatic ring is 1. The molecular formula is C13H20N4O. The van der Waals surface area contributed by atoms with Crippen LogP contribution in [-0.2, 0) is 0 Å². The monoisotopic (exact) mass is 248 g/mol. The molecule has 5 nitrogen and oxygen atoms in total. The van der Waals surface area contributed by atoms with E-state index in [4.69, 9.17) is 5.73 Å². The van der Waals surface area contributed by atoms with Crippen LogP contribution in [-0.4, -0.2) is 43.7 Å². The Morgan fingerprint density at radius 3 is 2.83 bits per heavy atom. The number of hydrogen-bond donors (Lipinski definition) is 2. The number of rotatable bonds is 5. The fourth-order valence-corrected chi connectivity index (χ4v) is 2.19. The summed E-state index contributed by atoms with van der Waals surface area (Å²) < 4.78 is 0. The van der Waals surface area contributed by atoms with E-state index in [1.54, 1.807) is 0 Å². The Kier molecular flexibility index (Phi) is 3.92. The molecule has 1 aliphatic rings. The summed E-state index contributed by atoms with van der Waals surface area (Å²) in [5, 5.41) is 2.81. The highest BCUT2D eigenvalue weighted by Crippen LogP contribution is 2.21. The topological polar surface area (TPSA) is 61.6 Å². The molecule has 5 heteroatoms. The molecule has 98 valence electrons. The number of nitrogens with zero attached hydrogens (tertiary/aromatic N) is 2. The van der Waals surface area contributed by atoms with Crippen LogP contribution in [0, 0.1) is 0 Å². The first kappa shape index (κ1) is 12.5. The lowest BCUT2D eigenvalue weighted by atomic mass is 10.2. The number of para-hydroxylation sites is 2. The van der Waals surface area contributed by atoms with Gasteiger partial charge in [0.25, 0.3) is 0 Å². The van der Waals surface area contributed by atoms with E-state index in [2.05, 4.69) is 17.1 Å². The summed E-state index contributed by atoms with van der Waals surface area (Å²) in [5.74, 6) is 0. The lowest BCUT2D eigenvalue weighted by Crippen LogP contribution is -2.37. The van der Waals surface area contributed by atoms with E-state index in [9.17, 15) is 4.79 Å². The van der Waals surface area contributed by atoms with Crippen LogP contribution in [0.4, 0.5) is 16.2 Å². The lowest BCUT2D eigenvalue weighted by Gasteiger charge is -2.26. The Balaban J connectivity index is 1.97. The number of carbonyl (C=O) groups excluding carboxylic acids is 1. The summed E-state index contributed by atoms with van der Waals surface area (Å²) in [6.07, 6.45) is 0. The molecule has 3 N–H and O–H groups in total. The number of hydrogen-bond acceptors (Lipinski definition) is 3. The molecule has 0 saturated carbocycles. The number of urea groups is 1. The second-order valence-corrected chi connectivity index (χ2v) is 4.36. The molecule has 1 aliphatic heterocycles. The molecular weight excluding hydrogens is 228 g/mol. The molecule has 2 rings (SSSR count). The van der Waals surface area contributed by atoms with Gasteiger partial charge in [0.2, 0.25) is 0 Å². The number of amides is 2. The maximum Gasteiger partial charge on any atom is 0.317 e. The van der Waals surface area contributed by atoms with Crippen LogP contribution >= 0.6 is 0 Å². The van der Waals surface area contributed by atoms with E-state index in [-0.39, 0.29) is 6.03 Å². The summed E-state index contributed by atoms with van der Waals surface area (Å²) in [5.41, 5.74) is 7.80. The Morgan fingerprint density at radius 1 is 1.44 bits per heavy atom. The first-order valence-corrected chi connectivity index (χ1v) is 6.34. The normalized spacial score (nSPS) is 14.7. The third-order valence-corrected chi connectivity index (χ3v) is 3.24. The van der Waals surface area contributed by atoms with Gasteiger partial charge in [0.1, 0.15) is 0 Å². The second-order valence-electron chi connectivity index (χ2n) is 4.36. The Morgan fingerprint density at radius 2 is 2.22 bits per heavy atom. The Bertz CT molecular complexity index is 421. The van der Waals surface area contributed by atoms with E-state index in [1.165, 1.54) is 0 Å². The van der Waals surface area contributed by atoms with Gasteiger partial charge in [0.15, 0.2) is 0 Å².